The number of hydrogen-bond acceptors (Lipinski definition) is 4. The van der Waals surface area contributed by atoms with Gasteiger partial charge in [0.25, 0.3) is 5.69 Å². The van der Waals surface area contributed by atoms with Gasteiger partial charge in [-0.1, -0.05) is 0 Å². The highest BCUT2D eigenvalue weighted by Crippen LogP contribution is 2.22. The maximum atomic E-state index is 10.6. The molecule has 0 radical (unpaired) electrons. The number of fused-ring (bicyclic) bond motifs is 1. The Labute approximate surface area is 89.7 Å². The summed E-state index contributed by atoms with van der Waals surface area (Å²) in [5, 5.41) is 17.9. The van der Waals surface area contributed by atoms with Gasteiger partial charge in [0.05, 0.1) is 16.1 Å². The molecule has 1 aromatic carbocycles. The van der Waals surface area contributed by atoms with Crippen LogP contribution in [0.5, 0.6) is 0 Å². The molecule has 0 fully saturated rings. The van der Waals surface area contributed by atoms with E-state index in [1.54, 1.807) is 6.07 Å². The van der Waals surface area contributed by atoms with Gasteiger partial charge in [0.2, 0.25) is 0 Å². The second kappa shape index (κ2) is 3.93. The smallest absolute Gasteiger partial charge is 0.270 e. The van der Waals surface area contributed by atoms with Crippen molar-refractivity contribution < 1.29 is 9.72 Å². The minimum absolute atomic E-state index is 0.00495. The molecule has 0 amide bonds. The molecular formula is C10H7N3O3. The molecule has 0 aliphatic rings. The van der Waals surface area contributed by atoms with Crippen LogP contribution < -0.4 is 0 Å². The molecule has 0 unspecified atom stereocenters. The molecule has 0 saturated carbocycles. The Balaban J connectivity index is 2.59. The van der Waals surface area contributed by atoms with Crippen LogP contribution in [-0.2, 0) is 4.79 Å². The van der Waals surface area contributed by atoms with E-state index in [4.69, 9.17) is 0 Å². The first-order chi connectivity index (χ1) is 7.72. The molecule has 0 spiro atoms. The van der Waals surface area contributed by atoms with Crippen LogP contribution in [-0.4, -0.2) is 21.4 Å². The average molecular weight is 217 g/mol. The molecule has 0 atom stereocenters. The fraction of sp³-hybridized carbons (Fsp3) is 0. The van der Waals surface area contributed by atoms with E-state index in [1.165, 1.54) is 24.3 Å². The topological polar surface area (TPSA) is 88.9 Å². The van der Waals surface area contributed by atoms with Gasteiger partial charge in [-0.25, -0.2) is 0 Å². The van der Waals surface area contributed by atoms with Gasteiger partial charge in [0.1, 0.15) is 6.29 Å². The molecule has 6 nitrogen and oxygen atoms in total. The number of carbonyl (C=O) groups is 1. The third-order valence-corrected chi connectivity index (χ3v) is 2.12. The van der Waals surface area contributed by atoms with E-state index >= 15 is 0 Å². The monoisotopic (exact) mass is 217 g/mol. The quantitative estimate of drug-likeness (QED) is 0.366. The fourth-order valence-electron chi connectivity index (χ4n) is 1.39. The fourth-order valence-corrected chi connectivity index (χ4v) is 1.39. The van der Waals surface area contributed by atoms with Crippen molar-refractivity contribution in [2.75, 3.05) is 0 Å². The molecule has 0 aliphatic carbocycles. The Morgan fingerprint density at radius 3 is 2.94 bits per heavy atom. The Morgan fingerprint density at radius 1 is 1.44 bits per heavy atom. The number of nitrogens with one attached hydrogen (secondary N) is 1. The number of non-ortho nitro benzene ring substituents is 1. The van der Waals surface area contributed by atoms with Crippen molar-refractivity contribution in [2.24, 2.45) is 0 Å². The highest BCUT2D eigenvalue weighted by Gasteiger charge is 2.09. The number of rotatable bonds is 3. The van der Waals surface area contributed by atoms with Crippen molar-refractivity contribution in [1.82, 2.24) is 10.2 Å². The highest BCUT2D eigenvalue weighted by molar-refractivity contribution is 5.90. The number of hydrogen-bond donors (Lipinski definition) is 1. The molecule has 2 aromatic rings. The van der Waals surface area contributed by atoms with Crippen molar-refractivity contribution in [3.63, 3.8) is 0 Å². The SMILES string of the molecule is O=CC=Cc1[nH]nc2ccc([N+](=O)[O-])cc12. The summed E-state index contributed by atoms with van der Waals surface area (Å²) in [6.45, 7) is 0. The van der Waals surface area contributed by atoms with Crippen molar-refractivity contribution >= 4 is 29.0 Å². The van der Waals surface area contributed by atoms with Crippen LogP contribution in [0.2, 0.25) is 0 Å². The van der Waals surface area contributed by atoms with Crippen LogP contribution in [0.15, 0.2) is 24.3 Å². The number of aldehydes is 1. The Kier molecular flexibility index (Phi) is 2.47. The van der Waals surface area contributed by atoms with Crippen LogP contribution in [0.3, 0.4) is 0 Å². The lowest BCUT2D eigenvalue weighted by Crippen LogP contribution is -1.86. The summed E-state index contributed by atoms with van der Waals surface area (Å²) in [5.74, 6) is 0. The van der Waals surface area contributed by atoms with E-state index in [2.05, 4.69) is 10.2 Å². The van der Waals surface area contributed by atoms with Crippen LogP contribution in [0.1, 0.15) is 5.69 Å². The molecule has 0 aliphatic heterocycles. The predicted molar refractivity (Wildman–Crippen MR) is 57.8 cm³/mol. The second-order valence-electron chi connectivity index (χ2n) is 3.09. The van der Waals surface area contributed by atoms with Gasteiger partial charge < -0.3 is 0 Å². The number of aromatic nitrogens is 2. The van der Waals surface area contributed by atoms with E-state index in [0.29, 0.717) is 22.9 Å². The molecule has 0 saturated heterocycles. The summed E-state index contributed by atoms with van der Waals surface area (Å²) in [5.41, 5.74) is 1.19. The van der Waals surface area contributed by atoms with Crippen molar-refractivity contribution in [3.05, 3.63) is 40.1 Å². The van der Waals surface area contributed by atoms with Crippen LogP contribution in [0.4, 0.5) is 5.69 Å². The summed E-state index contributed by atoms with van der Waals surface area (Å²) in [6, 6.07) is 4.36. The Hall–Kier alpha value is -2.50. The zero-order valence-electron chi connectivity index (χ0n) is 8.08. The summed E-state index contributed by atoms with van der Waals surface area (Å²) < 4.78 is 0. The Bertz CT molecular complexity index is 586. The molecular weight excluding hydrogens is 210 g/mol. The highest BCUT2D eigenvalue weighted by atomic mass is 16.6. The van der Waals surface area contributed by atoms with Crippen molar-refractivity contribution in [2.45, 2.75) is 0 Å². The van der Waals surface area contributed by atoms with Gasteiger partial charge in [-0.15, -0.1) is 0 Å². The third-order valence-electron chi connectivity index (χ3n) is 2.12. The molecule has 80 valence electrons. The maximum absolute atomic E-state index is 10.6. The first-order valence-corrected chi connectivity index (χ1v) is 4.47. The number of carbonyl (C=O) groups excluding carboxylic acids is 1. The Morgan fingerprint density at radius 2 is 2.25 bits per heavy atom. The van der Waals surface area contributed by atoms with Gasteiger partial charge in [-0.3, -0.25) is 20.0 Å². The average Bonchev–Trinajstić information content (AvgIpc) is 2.68. The van der Waals surface area contributed by atoms with Gasteiger partial charge in [-0.2, -0.15) is 5.10 Å². The van der Waals surface area contributed by atoms with Gasteiger partial charge in [0.15, 0.2) is 0 Å². The molecule has 1 heterocycles. The summed E-state index contributed by atoms with van der Waals surface area (Å²) in [4.78, 5) is 20.3. The van der Waals surface area contributed by atoms with Gasteiger partial charge in [0, 0.05) is 17.5 Å². The summed E-state index contributed by atoms with van der Waals surface area (Å²) in [7, 11) is 0. The van der Waals surface area contributed by atoms with E-state index < -0.39 is 4.92 Å². The molecule has 1 aromatic heterocycles. The molecule has 16 heavy (non-hydrogen) atoms. The number of nitrogens with zero attached hydrogens (tertiary/aromatic N) is 2. The van der Waals surface area contributed by atoms with Crippen LogP contribution >= 0.6 is 0 Å². The van der Waals surface area contributed by atoms with E-state index in [-0.39, 0.29) is 5.69 Å². The standard InChI is InChI=1S/C10H7N3O3/c14-5-1-2-9-8-6-7(13(15)16)3-4-10(8)12-11-9/h1-6H,(H,11,12). The zero-order valence-corrected chi connectivity index (χ0v) is 8.08. The van der Waals surface area contributed by atoms with Crippen LogP contribution in [0, 0.1) is 10.1 Å². The van der Waals surface area contributed by atoms with Gasteiger partial charge >= 0.3 is 0 Å². The normalized spacial score (nSPS) is 11.0. The third kappa shape index (κ3) is 1.68. The lowest BCUT2D eigenvalue weighted by atomic mass is 10.2. The lowest BCUT2D eigenvalue weighted by Gasteiger charge is -1.91. The van der Waals surface area contributed by atoms with Crippen molar-refractivity contribution in [3.8, 4) is 0 Å². The summed E-state index contributed by atoms with van der Waals surface area (Å²) >= 11 is 0. The molecule has 6 heteroatoms. The number of H-pyrrole nitrogens is 1. The molecule has 2 rings (SSSR count). The lowest BCUT2D eigenvalue weighted by molar-refractivity contribution is -0.384. The number of benzene rings is 1. The minimum Gasteiger partial charge on any atom is -0.299 e. The first kappa shape index (κ1) is 10.0. The summed E-state index contributed by atoms with van der Waals surface area (Å²) in [6.07, 6.45) is 3.45. The number of nitro groups is 1. The van der Waals surface area contributed by atoms with E-state index in [9.17, 15) is 14.9 Å². The second-order valence-corrected chi connectivity index (χ2v) is 3.09. The van der Waals surface area contributed by atoms with Gasteiger partial charge in [-0.05, 0) is 18.2 Å². The predicted octanol–water partition coefficient (Wildman–Crippen LogP) is 1.68. The van der Waals surface area contributed by atoms with E-state index in [1.807, 2.05) is 0 Å². The van der Waals surface area contributed by atoms with Crippen LogP contribution in [0.25, 0.3) is 17.0 Å². The number of aromatic amines is 1. The maximum Gasteiger partial charge on any atom is 0.270 e. The largest absolute Gasteiger partial charge is 0.299 e. The molecule has 1 N–H and O–H groups in total. The zero-order chi connectivity index (χ0) is 11.5. The molecule has 0 bridgehead atoms. The number of nitro benzene ring substituents is 1. The van der Waals surface area contributed by atoms with E-state index in [0.717, 1.165) is 0 Å². The number of allylic oxidation sites excluding steroid dienone is 1. The van der Waals surface area contributed by atoms with Crippen molar-refractivity contribution in [1.29, 1.82) is 0 Å². The first-order valence-electron chi connectivity index (χ1n) is 4.47. The minimum atomic E-state index is -0.473.